The van der Waals surface area contributed by atoms with Crippen LogP contribution in [0.2, 0.25) is 0 Å². The van der Waals surface area contributed by atoms with E-state index >= 15 is 0 Å². The highest BCUT2D eigenvalue weighted by molar-refractivity contribution is 5.78. The normalized spacial score (nSPS) is 11.6. The van der Waals surface area contributed by atoms with Crippen molar-refractivity contribution in [2.45, 2.75) is 26.4 Å². The van der Waals surface area contributed by atoms with Gasteiger partial charge >= 0.3 is 0 Å². The van der Waals surface area contributed by atoms with Gasteiger partial charge in [-0.2, -0.15) is 0 Å². The molecule has 0 atom stereocenters. The number of fused-ring (bicyclic) bond motifs is 1. The second-order valence-corrected chi connectivity index (χ2v) is 5.28. The number of pyridine rings is 1. The van der Waals surface area contributed by atoms with Gasteiger partial charge in [-0.3, -0.25) is 4.98 Å². The Hall–Kier alpha value is -1.45. The predicted molar refractivity (Wildman–Crippen MR) is 81.2 cm³/mol. The lowest BCUT2D eigenvalue weighted by atomic mass is 10.1. The summed E-state index contributed by atoms with van der Waals surface area (Å²) in [6.45, 7) is 7.44. The number of benzene rings is 1. The zero-order valence-electron chi connectivity index (χ0n) is 12.1. The molecule has 19 heavy (non-hydrogen) atoms. The molecule has 1 aromatic heterocycles. The van der Waals surface area contributed by atoms with E-state index in [-0.39, 0.29) is 0 Å². The minimum Gasteiger partial charge on any atom is -0.311 e. The summed E-state index contributed by atoms with van der Waals surface area (Å²) in [7, 11) is 2.16. The standard InChI is InChI=1S/C16H23N3/c1-13(2)19(3)10-9-17-12-14-6-7-16-15(11-14)5-4-8-18-16/h4-8,11,13,17H,9-10,12H2,1-3H3. The molecule has 1 heterocycles. The van der Waals surface area contributed by atoms with E-state index < -0.39 is 0 Å². The predicted octanol–water partition coefficient (Wildman–Crippen LogP) is 2.66. The summed E-state index contributed by atoms with van der Waals surface area (Å²) in [6.07, 6.45) is 1.84. The smallest absolute Gasteiger partial charge is 0.0702 e. The molecule has 0 aliphatic heterocycles. The second-order valence-electron chi connectivity index (χ2n) is 5.28. The Balaban J connectivity index is 1.85. The zero-order valence-corrected chi connectivity index (χ0v) is 12.1. The molecule has 0 bridgehead atoms. The summed E-state index contributed by atoms with van der Waals surface area (Å²) in [5.74, 6) is 0. The van der Waals surface area contributed by atoms with Gasteiger partial charge in [0.25, 0.3) is 0 Å². The maximum atomic E-state index is 4.33. The van der Waals surface area contributed by atoms with Crippen molar-refractivity contribution in [3.63, 3.8) is 0 Å². The quantitative estimate of drug-likeness (QED) is 0.806. The number of hydrogen-bond donors (Lipinski definition) is 1. The van der Waals surface area contributed by atoms with E-state index in [1.807, 2.05) is 12.3 Å². The van der Waals surface area contributed by atoms with Crippen LogP contribution < -0.4 is 5.32 Å². The summed E-state index contributed by atoms with van der Waals surface area (Å²) in [5, 5.41) is 4.70. The molecule has 0 radical (unpaired) electrons. The largest absolute Gasteiger partial charge is 0.311 e. The maximum Gasteiger partial charge on any atom is 0.0702 e. The molecular weight excluding hydrogens is 234 g/mol. The molecule has 0 saturated heterocycles. The van der Waals surface area contributed by atoms with Crippen LogP contribution in [0.4, 0.5) is 0 Å². The highest BCUT2D eigenvalue weighted by Crippen LogP contribution is 2.12. The van der Waals surface area contributed by atoms with Crippen molar-refractivity contribution >= 4 is 10.9 Å². The van der Waals surface area contributed by atoms with Gasteiger partial charge in [0, 0.05) is 37.3 Å². The molecule has 1 N–H and O–H groups in total. The highest BCUT2D eigenvalue weighted by Gasteiger charge is 2.02. The van der Waals surface area contributed by atoms with Gasteiger partial charge in [-0.1, -0.05) is 12.1 Å². The number of likely N-dealkylation sites (N-methyl/N-ethyl adjacent to an activating group) is 1. The van der Waals surface area contributed by atoms with Crippen molar-refractivity contribution in [2.24, 2.45) is 0 Å². The lowest BCUT2D eigenvalue weighted by Crippen LogP contribution is -2.33. The van der Waals surface area contributed by atoms with Crippen LogP contribution in [0, 0.1) is 0 Å². The summed E-state index contributed by atoms with van der Waals surface area (Å²) in [5.41, 5.74) is 2.37. The third-order valence-electron chi connectivity index (χ3n) is 3.52. The Bertz CT molecular complexity index is 522. The molecule has 3 nitrogen and oxygen atoms in total. The molecule has 0 fully saturated rings. The molecular formula is C16H23N3. The zero-order chi connectivity index (χ0) is 13.7. The Morgan fingerprint density at radius 1 is 1.26 bits per heavy atom. The molecule has 1 aromatic carbocycles. The average Bonchev–Trinajstić information content (AvgIpc) is 2.43. The van der Waals surface area contributed by atoms with Crippen molar-refractivity contribution in [1.82, 2.24) is 15.2 Å². The summed E-state index contributed by atoms with van der Waals surface area (Å²) in [6, 6.07) is 11.1. The van der Waals surface area contributed by atoms with Gasteiger partial charge in [0.05, 0.1) is 5.52 Å². The highest BCUT2D eigenvalue weighted by atomic mass is 15.1. The van der Waals surface area contributed by atoms with Crippen molar-refractivity contribution in [2.75, 3.05) is 20.1 Å². The van der Waals surface area contributed by atoms with Crippen LogP contribution in [0.1, 0.15) is 19.4 Å². The minimum absolute atomic E-state index is 0.605. The lowest BCUT2D eigenvalue weighted by molar-refractivity contribution is 0.273. The number of nitrogens with zero attached hydrogens (tertiary/aromatic N) is 2. The first-order valence-corrected chi connectivity index (χ1v) is 6.91. The van der Waals surface area contributed by atoms with Gasteiger partial charge in [-0.25, -0.2) is 0 Å². The van der Waals surface area contributed by atoms with Crippen LogP contribution in [-0.4, -0.2) is 36.1 Å². The topological polar surface area (TPSA) is 28.2 Å². The van der Waals surface area contributed by atoms with Gasteiger partial charge in [0.1, 0.15) is 0 Å². The van der Waals surface area contributed by atoms with E-state index in [4.69, 9.17) is 0 Å². The molecule has 102 valence electrons. The molecule has 2 aromatic rings. The van der Waals surface area contributed by atoms with E-state index in [1.165, 1.54) is 10.9 Å². The van der Waals surface area contributed by atoms with Crippen molar-refractivity contribution in [3.8, 4) is 0 Å². The fraction of sp³-hybridized carbons (Fsp3) is 0.438. The first-order chi connectivity index (χ1) is 9.16. The molecule has 0 unspecified atom stereocenters. The van der Waals surface area contributed by atoms with Gasteiger partial charge in [-0.15, -0.1) is 0 Å². The molecule has 2 rings (SSSR count). The second kappa shape index (κ2) is 6.64. The van der Waals surface area contributed by atoms with Crippen molar-refractivity contribution in [1.29, 1.82) is 0 Å². The SMILES string of the molecule is CC(C)N(C)CCNCc1ccc2ncccc2c1. The fourth-order valence-corrected chi connectivity index (χ4v) is 1.98. The third-order valence-corrected chi connectivity index (χ3v) is 3.52. The Kier molecular flexibility index (Phi) is 4.88. The molecule has 0 amide bonds. The number of hydrogen-bond acceptors (Lipinski definition) is 3. The Labute approximate surface area is 115 Å². The monoisotopic (exact) mass is 257 g/mol. The van der Waals surface area contributed by atoms with Crippen LogP contribution in [0.3, 0.4) is 0 Å². The number of aromatic nitrogens is 1. The molecule has 0 saturated carbocycles. The van der Waals surface area contributed by atoms with Gasteiger partial charge in [-0.05, 0) is 44.7 Å². The lowest BCUT2D eigenvalue weighted by Gasteiger charge is -2.20. The van der Waals surface area contributed by atoms with E-state index in [9.17, 15) is 0 Å². The van der Waals surface area contributed by atoms with Crippen LogP contribution in [0.15, 0.2) is 36.5 Å². The van der Waals surface area contributed by atoms with Crippen LogP contribution in [0.5, 0.6) is 0 Å². The molecule has 0 aliphatic rings. The minimum atomic E-state index is 0.605. The number of rotatable bonds is 6. The van der Waals surface area contributed by atoms with Crippen LogP contribution in [0.25, 0.3) is 10.9 Å². The molecule has 3 heteroatoms. The van der Waals surface area contributed by atoms with E-state index in [0.717, 1.165) is 25.2 Å². The van der Waals surface area contributed by atoms with E-state index in [1.54, 1.807) is 0 Å². The fourth-order valence-electron chi connectivity index (χ4n) is 1.98. The first kappa shape index (κ1) is 14.0. The Morgan fingerprint density at radius 3 is 2.89 bits per heavy atom. The average molecular weight is 257 g/mol. The van der Waals surface area contributed by atoms with Crippen LogP contribution >= 0.6 is 0 Å². The Morgan fingerprint density at radius 2 is 2.11 bits per heavy atom. The van der Waals surface area contributed by atoms with E-state index in [2.05, 4.69) is 60.4 Å². The van der Waals surface area contributed by atoms with Gasteiger partial charge in [0.2, 0.25) is 0 Å². The summed E-state index contributed by atoms with van der Waals surface area (Å²) in [4.78, 5) is 6.68. The van der Waals surface area contributed by atoms with Gasteiger partial charge in [0.15, 0.2) is 0 Å². The maximum absolute atomic E-state index is 4.33. The van der Waals surface area contributed by atoms with E-state index in [0.29, 0.717) is 6.04 Å². The third kappa shape index (κ3) is 4.01. The molecule has 0 spiro atoms. The molecule has 0 aliphatic carbocycles. The first-order valence-electron chi connectivity index (χ1n) is 6.91. The summed E-state index contributed by atoms with van der Waals surface area (Å²) >= 11 is 0. The summed E-state index contributed by atoms with van der Waals surface area (Å²) < 4.78 is 0. The van der Waals surface area contributed by atoms with Crippen molar-refractivity contribution in [3.05, 3.63) is 42.1 Å². The van der Waals surface area contributed by atoms with Gasteiger partial charge < -0.3 is 10.2 Å². The number of nitrogens with one attached hydrogen (secondary N) is 1. The van der Waals surface area contributed by atoms with Crippen molar-refractivity contribution < 1.29 is 0 Å². The van der Waals surface area contributed by atoms with Crippen LogP contribution in [-0.2, 0) is 6.54 Å².